The van der Waals surface area contributed by atoms with E-state index in [1.54, 1.807) is 28.8 Å². The van der Waals surface area contributed by atoms with Crippen LogP contribution in [-0.2, 0) is 12.8 Å². The van der Waals surface area contributed by atoms with Crippen LogP contribution in [0, 0.1) is 0 Å². The fourth-order valence-corrected chi connectivity index (χ4v) is 3.42. The first-order valence-electron chi connectivity index (χ1n) is 9.25. The summed E-state index contributed by atoms with van der Waals surface area (Å²) in [6.45, 7) is 0.0261. The molecule has 0 aliphatic rings. The molecule has 6 nitrogen and oxygen atoms in total. The molecule has 0 unspecified atom stereocenters. The molecular weight excluding hydrogens is 413 g/mol. The molecule has 2 aromatic carbocycles. The van der Waals surface area contributed by atoms with Gasteiger partial charge in [-0.25, -0.2) is 4.98 Å². The van der Waals surface area contributed by atoms with Crippen LogP contribution < -0.4 is 18.9 Å². The van der Waals surface area contributed by atoms with Gasteiger partial charge in [-0.3, -0.25) is 0 Å². The van der Waals surface area contributed by atoms with E-state index < -0.39 is 11.7 Å². The Morgan fingerprint density at radius 2 is 1.61 bits per heavy atom. The standard InChI is InChI=1S/C22H19F3N2O4/c1-28-19-10-14(11-20(29-2)21(19)30-3)31-12-16-17-5-4-8-27(17)18-7-6-13(22(23,24)25)9-15(18)26-16/h4-11H,12H2,1-3H3. The van der Waals surface area contributed by atoms with Crippen LogP contribution in [0.3, 0.4) is 0 Å². The second kappa shape index (κ2) is 7.90. The molecule has 0 fully saturated rings. The minimum Gasteiger partial charge on any atom is -0.493 e. The van der Waals surface area contributed by atoms with Gasteiger partial charge in [0.2, 0.25) is 5.75 Å². The molecule has 0 saturated heterocycles. The number of alkyl halides is 3. The van der Waals surface area contributed by atoms with E-state index in [0.29, 0.717) is 34.2 Å². The molecule has 31 heavy (non-hydrogen) atoms. The van der Waals surface area contributed by atoms with Crippen LogP contribution >= 0.6 is 0 Å². The summed E-state index contributed by atoms with van der Waals surface area (Å²) < 4.78 is 63.1. The molecule has 9 heteroatoms. The summed E-state index contributed by atoms with van der Waals surface area (Å²) in [5.41, 5.74) is 1.27. The second-order valence-corrected chi connectivity index (χ2v) is 6.67. The molecule has 0 saturated carbocycles. The largest absolute Gasteiger partial charge is 0.493 e. The maximum atomic E-state index is 13.2. The summed E-state index contributed by atoms with van der Waals surface area (Å²) in [6, 6.07) is 10.4. The highest BCUT2D eigenvalue weighted by Crippen LogP contribution is 2.41. The highest BCUT2D eigenvalue weighted by molar-refractivity contribution is 5.80. The van der Waals surface area contributed by atoms with Gasteiger partial charge in [0.1, 0.15) is 18.1 Å². The molecule has 4 rings (SSSR count). The Morgan fingerprint density at radius 1 is 0.903 bits per heavy atom. The smallest absolute Gasteiger partial charge is 0.416 e. The second-order valence-electron chi connectivity index (χ2n) is 6.67. The third kappa shape index (κ3) is 3.78. The minimum atomic E-state index is -4.45. The van der Waals surface area contributed by atoms with E-state index in [1.807, 2.05) is 6.07 Å². The Balaban J connectivity index is 1.73. The third-order valence-corrected chi connectivity index (χ3v) is 4.88. The lowest BCUT2D eigenvalue weighted by molar-refractivity contribution is -0.137. The highest BCUT2D eigenvalue weighted by atomic mass is 19.4. The Hall–Kier alpha value is -3.62. The van der Waals surface area contributed by atoms with E-state index in [0.717, 1.165) is 17.6 Å². The predicted octanol–water partition coefficient (Wildman–Crippen LogP) is 5.11. The summed E-state index contributed by atoms with van der Waals surface area (Å²) in [6.07, 6.45) is -2.68. The summed E-state index contributed by atoms with van der Waals surface area (Å²) >= 11 is 0. The number of rotatable bonds is 6. The molecule has 0 N–H and O–H groups in total. The maximum absolute atomic E-state index is 13.2. The van der Waals surface area contributed by atoms with Crippen molar-refractivity contribution in [3.8, 4) is 23.0 Å². The zero-order valence-electron chi connectivity index (χ0n) is 17.0. The van der Waals surface area contributed by atoms with Gasteiger partial charge >= 0.3 is 6.18 Å². The Labute approximate surface area is 175 Å². The van der Waals surface area contributed by atoms with E-state index in [-0.39, 0.29) is 12.1 Å². The van der Waals surface area contributed by atoms with E-state index in [1.165, 1.54) is 27.4 Å². The van der Waals surface area contributed by atoms with Gasteiger partial charge in [0.25, 0.3) is 0 Å². The number of fused-ring (bicyclic) bond motifs is 3. The van der Waals surface area contributed by atoms with Crippen molar-refractivity contribution in [2.24, 2.45) is 0 Å². The van der Waals surface area contributed by atoms with Crippen LogP contribution in [0.15, 0.2) is 48.7 Å². The van der Waals surface area contributed by atoms with Crippen LogP contribution in [0.25, 0.3) is 16.6 Å². The first-order valence-corrected chi connectivity index (χ1v) is 9.25. The lowest BCUT2D eigenvalue weighted by atomic mass is 10.1. The van der Waals surface area contributed by atoms with Gasteiger partial charge in [-0.1, -0.05) is 0 Å². The maximum Gasteiger partial charge on any atom is 0.416 e. The quantitative estimate of drug-likeness (QED) is 0.424. The topological polar surface area (TPSA) is 54.2 Å². The number of benzene rings is 2. The van der Waals surface area contributed by atoms with Gasteiger partial charge in [0.15, 0.2) is 11.5 Å². The number of nitrogens with zero attached hydrogens (tertiary/aromatic N) is 2. The molecule has 0 radical (unpaired) electrons. The van der Waals surface area contributed by atoms with Gasteiger partial charge in [-0.15, -0.1) is 0 Å². The first-order chi connectivity index (χ1) is 14.9. The van der Waals surface area contributed by atoms with Crippen molar-refractivity contribution >= 4 is 16.6 Å². The molecule has 0 bridgehead atoms. The van der Waals surface area contributed by atoms with E-state index in [9.17, 15) is 13.2 Å². The number of methoxy groups -OCH3 is 3. The van der Waals surface area contributed by atoms with Crippen molar-refractivity contribution in [3.05, 3.63) is 59.9 Å². The first kappa shape index (κ1) is 20.6. The SMILES string of the molecule is COc1cc(OCc2nc3cc(C(F)(F)F)ccc3n3cccc23)cc(OC)c1OC. The van der Waals surface area contributed by atoms with Gasteiger partial charge in [-0.2, -0.15) is 13.2 Å². The predicted molar refractivity (Wildman–Crippen MR) is 108 cm³/mol. The summed E-state index contributed by atoms with van der Waals surface area (Å²) in [4.78, 5) is 4.45. The van der Waals surface area contributed by atoms with Gasteiger partial charge < -0.3 is 23.3 Å². The van der Waals surface area contributed by atoms with Crippen LogP contribution in [-0.4, -0.2) is 30.7 Å². The third-order valence-electron chi connectivity index (χ3n) is 4.88. The molecule has 2 aromatic heterocycles. The number of hydrogen-bond donors (Lipinski definition) is 0. The van der Waals surface area contributed by atoms with Crippen molar-refractivity contribution in [2.75, 3.05) is 21.3 Å². The highest BCUT2D eigenvalue weighted by Gasteiger charge is 2.30. The van der Waals surface area contributed by atoms with Crippen molar-refractivity contribution in [1.29, 1.82) is 0 Å². The molecule has 162 valence electrons. The fraction of sp³-hybridized carbons (Fsp3) is 0.227. The molecule has 0 atom stereocenters. The monoisotopic (exact) mass is 432 g/mol. The van der Waals surface area contributed by atoms with E-state index in [2.05, 4.69) is 4.98 Å². The molecule has 2 heterocycles. The lowest BCUT2D eigenvalue weighted by Gasteiger charge is -2.15. The van der Waals surface area contributed by atoms with Crippen molar-refractivity contribution < 1.29 is 32.1 Å². The molecule has 4 aromatic rings. The van der Waals surface area contributed by atoms with Crippen molar-refractivity contribution in [3.63, 3.8) is 0 Å². The van der Waals surface area contributed by atoms with Crippen LogP contribution in [0.2, 0.25) is 0 Å². The zero-order valence-corrected chi connectivity index (χ0v) is 17.0. The Bertz CT molecular complexity index is 1230. The summed E-state index contributed by atoms with van der Waals surface area (Å²) in [5.74, 6) is 1.71. The van der Waals surface area contributed by atoms with E-state index in [4.69, 9.17) is 18.9 Å². The van der Waals surface area contributed by atoms with E-state index >= 15 is 0 Å². The van der Waals surface area contributed by atoms with Crippen LogP contribution in [0.4, 0.5) is 13.2 Å². The van der Waals surface area contributed by atoms with Crippen molar-refractivity contribution in [1.82, 2.24) is 9.38 Å². The Morgan fingerprint density at radius 3 is 2.23 bits per heavy atom. The average Bonchev–Trinajstić information content (AvgIpc) is 3.26. The van der Waals surface area contributed by atoms with Gasteiger partial charge in [0.05, 0.1) is 43.4 Å². The van der Waals surface area contributed by atoms with Gasteiger partial charge in [-0.05, 0) is 30.3 Å². The molecule has 0 amide bonds. The molecule has 0 aliphatic carbocycles. The molecule has 0 aliphatic heterocycles. The fourth-order valence-electron chi connectivity index (χ4n) is 3.42. The minimum absolute atomic E-state index is 0.0261. The summed E-state index contributed by atoms with van der Waals surface area (Å²) in [5, 5.41) is 0. The van der Waals surface area contributed by atoms with Gasteiger partial charge in [0, 0.05) is 18.3 Å². The molecule has 0 spiro atoms. The summed E-state index contributed by atoms with van der Waals surface area (Å²) in [7, 11) is 4.49. The number of aromatic nitrogens is 2. The normalized spacial score (nSPS) is 11.7. The number of hydrogen-bond acceptors (Lipinski definition) is 5. The Kier molecular flexibility index (Phi) is 5.26. The molecular formula is C22H19F3N2O4. The van der Waals surface area contributed by atoms with Crippen LogP contribution in [0.1, 0.15) is 11.3 Å². The number of ether oxygens (including phenoxy) is 4. The zero-order chi connectivity index (χ0) is 22.2. The average molecular weight is 432 g/mol. The van der Waals surface area contributed by atoms with Crippen LogP contribution in [0.5, 0.6) is 23.0 Å². The van der Waals surface area contributed by atoms with Crippen molar-refractivity contribution in [2.45, 2.75) is 12.8 Å². The number of halogens is 3. The lowest BCUT2D eigenvalue weighted by Crippen LogP contribution is -2.07.